The fraction of sp³-hybridized carbons (Fsp3) is 0.235. The molecule has 0 aliphatic heterocycles. The van der Waals surface area contributed by atoms with Crippen molar-refractivity contribution in [3.63, 3.8) is 0 Å². The highest BCUT2D eigenvalue weighted by Crippen LogP contribution is 2.47. The second-order valence-electron chi connectivity index (χ2n) is 11.2. The number of aromatic carboxylic acids is 1. The lowest BCUT2D eigenvalue weighted by Crippen LogP contribution is -2.16. The molecule has 0 unspecified atom stereocenters. The Bertz CT molecular complexity index is 1830. The van der Waals surface area contributed by atoms with Crippen molar-refractivity contribution in [2.24, 2.45) is 0 Å². The second kappa shape index (κ2) is 14.1. The number of hydrogen-bond acceptors (Lipinski definition) is 6. The second-order valence-corrected chi connectivity index (χ2v) is 11.5. The van der Waals surface area contributed by atoms with Gasteiger partial charge in [-0.1, -0.05) is 0 Å². The van der Waals surface area contributed by atoms with Crippen molar-refractivity contribution >= 4 is 22.8 Å². The summed E-state index contributed by atoms with van der Waals surface area (Å²) < 4.78 is 146. The van der Waals surface area contributed by atoms with Gasteiger partial charge in [0, 0.05) is 24.0 Å². The number of alkyl halides is 10. The molecular weight excluding hydrogens is 746 g/mol. The van der Waals surface area contributed by atoms with Gasteiger partial charge in [-0.05, 0) is 108 Å². The third kappa shape index (κ3) is 8.81. The number of carbonyl (C=O) groups excluding carboxylic acids is 1. The quantitative estimate of drug-likeness (QED) is 0.141. The summed E-state index contributed by atoms with van der Waals surface area (Å²) in [5, 5.41) is 8.43. The smallest absolute Gasteiger partial charge is 0.478 e. The molecule has 52 heavy (non-hydrogen) atoms. The highest BCUT2D eigenvalue weighted by molar-refractivity contribution is 6.68. The molecule has 1 N–H and O–H groups in total. The van der Waals surface area contributed by atoms with Gasteiger partial charge < -0.3 is 24.1 Å². The lowest BCUT2D eigenvalue weighted by Gasteiger charge is -2.15. The molecule has 0 atom stereocenters. The van der Waals surface area contributed by atoms with Gasteiger partial charge in [0.15, 0.2) is 0 Å². The van der Waals surface area contributed by atoms with Crippen molar-refractivity contribution in [3.8, 4) is 34.5 Å². The summed E-state index contributed by atoms with van der Waals surface area (Å²) in [6, 6.07) is 13.2. The van der Waals surface area contributed by atoms with E-state index in [0.717, 1.165) is 54.6 Å². The van der Waals surface area contributed by atoms with Crippen LogP contribution < -0.4 is 18.9 Å². The number of rotatable bonds is 8. The fourth-order valence-electron chi connectivity index (χ4n) is 5.58. The number of carbonyl (C=O) groups is 2. The molecule has 6 rings (SSSR count). The van der Waals surface area contributed by atoms with E-state index in [9.17, 15) is 58.6 Å². The third-order valence-corrected chi connectivity index (χ3v) is 7.89. The summed E-state index contributed by atoms with van der Waals surface area (Å²) >= 11 is 5.54. The van der Waals surface area contributed by atoms with E-state index in [1.54, 1.807) is 0 Å². The largest absolute Gasteiger partial charge is 0.573 e. The summed E-state index contributed by atoms with van der Waals surface area (Å²) in [6.45, 7) is 0. The molecule has 0 amide bonds. The lowest BCUT2D eigenvalue weighted by molar-refractivity contribution is -0.275. The topological polar surface area (TPSA) is 91.3 Å². The predicted molar refractivity (Wildman–Crippen MR) is 161 cm³/mol. The van der Waals surface area contributed by atoms with E-state index in [0.29, 0.717) is 0 Å². The van der Waals surface area contributed by atoms with E-state index in [-0.39, 0.29) is 69.2 Å². The average Bonchev–Trinajstić information content (AvgIpc) is 3.51. The highest BCUT2D eigenvalue weighted by Gasteiger charge is 2.43. The van der Waals surface area contributed by atoms with E-state index in [1.165, 1.54) is 18.2 Å². The van der Waals surface area contributed by atoms with Crippen LogP contribution in [0.15, 0.2) is 72.8 Å². The van der Waals surface area contributed by atoms with Crippen LogP contribution in [0.2, 0.25) is 0 Å². The Morgan fingerprint density at radius 3 is 1.27 bits per heavy atom. The molecule has 18 heteroatoms. The first-order valence-electron chi connectivity index (χ1n) is 14.7. The minimum absolute atomic E-state index is 0.00275. The summed E-state index contributed by atoms with van der Waals surface area (Å²) in [4.78, 5) is 23.3. The number of halogens is 11. The molecule has 0 saturated heterocycles. The molecule has 0 radical (unpaired) electrons. The monoisotopic (exact) mass is 766 g/mol. The summed E-state index contributed by atoms with van der Waals surface area (Å²) in [7, 11) is 0. The van der Waals surface area contributed by atoms with Gasteiger partial charge in [0.2, 0.25) is 0 Å². The Kier molecular flexibility index (Phi) is 10.3. The average molecular weight is 767 g/mol. The molecule has 0 heterocycles. The molecular formula is C34H21ClF10O7. The molecule has 0 spiro atoms. The molecule has 4 aromatic rings. The molecule has 0 bridgehead atoms. The third-order valence-electron chi connectivity index (χ3n) is 7.70. The van der Waals surface area contributed by atoms with Crippen LogP contribution in [0.1, 0.15) is 55.8 Å². The summed E-state index contributed by atoms with van der Waals surface area (Å²) in [5.74, 6) is -8.60. The maximum Gasteiger partial charge on any atom is 0.573 e. The van der Waals surface area contributed by atoms with Gasteiger partial charge >= 0.3 is 18.7 Å². The zero-order chi connectivity index (χ0) is 38.2. The van der Waals surface area contributed by atoms with E-state index in [2.05, 4.69) is 9.47 Å². The molecule has 2 aliphatic carbocycles. The molecule has 0 fully saturated rings. The normalized spacial score (nSPS) is 15.4. The number of carboxylic acids is 1. The van der Waals surface area contributed by atoms with Gasteiger partial charge in [0.25, 0.3) is 17.1 Å². The molecule has 0 aromatic heterocycles. The Morgan fingerprint density at radius 2 is 0.923 bits per heavy atom. The van der Waals surface area contributed by atoms with E-state index < -0.39 is 60.1 Å². The minimum atomic E-state index is -4.84. The molecule has 2 aliphatic rings. The van der Waals surface area contributed by atoms with Gasteiger partial charge in [-0.15, -0.1) is 26.3 Å². The Hall–Kier alpha value is -5.19. The summed E-state index contributed by atoms with van der Waals surface area (Å²) in [6.07, 6.45) is -10.7. The van der Waals surface area contributed by atoms with Crippen molar-refractivity contribution in [1.29, 1.82) is 0 Å². The van der Waals surface area contributed by atoms with Crippen molar-refractivity contribution in [2.45, 2.75) is 50.3 Å². The SMILES string of the molecule is O=C(Cl)c1c(Oc2ccc(OC(F)(F)F)cc2)ccc2c1CCC2(F)F.O=C(O)c1c(Oc2ccc(OC(F)(F)F)cc2)ccc2c1CCC2(F)F. The molecule has 4 aromatic carbocycles. The first kappa shape index (κ1) is 38.1. The number of ether oxygens (including phenoxy) is 4. The first-order valence-corrected chi connectivity index (χ1v) is 15.1. The van der Waals surface area contributed by atoms with Crippen LogP contribution in [-0.2, 0) is 24.7 Å². The standard InChI is InChI=1S/C17H10ClF5O3.C17H11F5O4/c18-15(24)14-11-7-8-16(19,20)12(11)5-6-13(14)25-9-1-3-10(4-2-9)26-17(21,22)23;18-16(19)8-7-11-12(16)5-6-13(14(11)15(23)24)25-9-1-3-10(4-2-9)26-17(20,21)22/h1-6H,7-8H2;1-6H,7-8H2,(H,23,24). The fourth-order valence-corrected chi connectivity index (χ4v) is 5.79. The van der Waals surface area contributed by atoms with E-state index in [4.69, 9.17) is 21.1 Å². The number of hydrogen-bond donors (Lipinski definition) is 1. The van der Waals surface area contributed by atoms with Gasteiger partial charge in [-0.25, -0.2) is 22.4 Å². The van der Waals surface area contributed by atoms with Crippen LogP contribution in [0.4, 0.5) is 43.9 Å². The number of fused-ring (bicyclic) bond motifs is 2. The van der Waals surface area contributed by atoms with Crippen molar-refractivity contribution in [1.82, 2.24) is 0 Å². The zero-order valence-corrected chi connectivity index (χ0v) is 26.6. The lowest BCUT2D eigenvalue weighted by atomic mass is 10.0. The van der Waals surface area contributed by atoms with Gasteiger partial charge in [-0.3, -0.25) is 4.79 Å². The zero-order valence-electron chi connectivity index (χ0n) is 25.8. The van der Waals surface area contributed by atoms with Crippen LogP contribution >= 0.6 is 11.6 Å². The maximum atomic E-state index is 13.8. The van der Waals surface area contributed by atoms with Crippen LogP contribution in [0.25, 0.3) is 0 Å². The highest BCUT2D eigenvalue weighted by atomic mass is 35.5. The maximum absolute atomic E-state index is 13.8. The predicted octanol–water partition coefficient (Wildman–Crippen LogP) is 10.9. The van der Waals surface area contributed by atoms with Crippen LogP contribution in [0.3, 0.4) is 0 Å². The Labute approximate surface area is 291 Å². The van der Waals surface area contributed by atoms with Crippen molar-refractivity contribution in [3.05, 3.63) is 106 Å². The van der Waals surface area contributed by atoms with Gasteiger partial charge in [0.05, 0.1) is 5.56 Å². The Balaban J connectivity index is 0.000000201. The van der Waals surface area contributed by atoms with Crippen LogP contribution in [0, 0.1) is 0 Å². The van der Waals surface area contributed by atoms with Gasteiger partial charge in [0.1, 0.15) is 40.1 Å². The van der Waals surface area contributed by atoms with Crippen molar-refractivity contribution in [2.75, 3.05) is 0 Å². The van der Waals surface area contributed by atoms with Crippen molar-refractivity contribution < 1.29 is 77.5 Å². The number of benzene rings is 4. The first-order chi connectivity index (χ1) is 24.1. The van der Waals surface area contributed by atoms with Crippen LogP contribution in [-0.4, -0.2) is 29.0 Å². The van der Waals surface area contributed by atoms with E-state index >= 15 is 0 Å². The number of carboxylic acid groups (broad SMARTS) is 1. The van der Waals surface area contributed by atoms with Gasteiger partial charge in [-0.2, -0.15) is 0 Å². The Morgan fingerprint density at radius 1 is 0.577 bits per heavy atom. The molecule has 276 valence electrons. The molecule has 7 nitrogen and oxygen atoms in total. The minimum Gasteiger partial charge on any atom is -0.478 e. The van der Waals surface area contributed by atoms with E-state index in [1.807, 2.05) is 0 Å². The van der Waals surface area contributed by atoms with Crippen LogP contribution in [0.5, 0.6) is 34.5 Å². The molecule has 0 saturated carbocycles. The summed E-state index contributed by atoms with van der Waals surface area (Å²) in [5.41, 5.74) is -1.06.